The molecule has 1 unspecified atom stereocenters. The molecule has 1 atom stereocenters. The monoisotopic (exact) mass is 214 g/mol. The van der Waals surface area contributed by atoms with Gasteiger partial charge in [-0.3, -0.25) is 0 Å². The molecule has 54 valence electrons. The van der Waals surface area contributed by atoms with Crippen LogP contribution in [0.4, 0.5) is 0 Å². The third-order valence-corrected chi connectivity index (χ3v) is 3.69. The maximum absolute atomic E-state index is 10.9. The number of hydrogen-bond acceptors (Lipinski definition) is 1. The van der Waals surface area contributed by atoms with Crippen LogP contribution in [0.1, 0.15) is 0 Å². The molecule has 0 aliphatic carbocycles. The van der Waals surface area contributed by atoms with E-state index in [0.29, 0.717) is 5.02 Å². The van der Waals surface area contributed by atoms with Gasteiger partial charge in [0.05, 0.1) is 5.02 Å². The van der Waals surface area contributed by atoms with Gasteiger partial charge in [0, 0.05) is 6.07 Å². The van der Waals surface area contributed by atoms with Gasteiger partial charge in [-0.1, -0.05) is 23.2 Å². The van der Waals surface area contributed by atoms with Crippen molar-refractivity contribution in [1.82, 2.24) is 0 Å². The summed E-state index contributed by atoms with van der Waals surface area (Å²) < 4.78 is 0.129. The highest BCUT2D eigenvalue weighted by Crippen LogP contribution is 2.39. The lowest BCUT2D eigenvalue weighted by Crippen LogP contribution is -1.83. The molecule has 0 aliphatic rings. The molecule has 0 radical (unpaired) electrons. The first-order valence-corrected chi connectivity index (χ1v) is 4.82. The molecular formula is C5H2Cl3OP. The van der Waals surface area contributed by atoms with Gasteiger partial charge in [0.15, 0.2) is 0 Å². The van der Waals surface area contributed by atoms with E-state index in [-0.39, 0.29) is 9.78 Å². The maximum Gasteiger partial charge on any atom is 0.230 e. The lowest BCUT2D eigenvalue weighted by molar-refractivity contribution is -0.150. The summed E-state index contributed by atoms with van der Waals surface area (Å²) in [5.41, 5.74) is 0. The average molecular weight is 215 g/mol. The lowest BCUT2D eigenvalue weighted by Gasteiger charge is -1.96. The summed E-state index contributed by atoms with van der Waals surface area (Å²) in [6, 6.07) is 1.48. The standard InChI is InChI=1S/C5H2Cl3OP/c6-3-1-2-10(9)5(8)4(3)7/h1-2H. The average Bonchev–Trinajstić information content (AvgIpc) is 1.93. The van der Waals surface area contributed by atoms with Crippen LogP contribution in [0.3, 0.4) is 0 Å². The fraction of sp³-hybridized carbons (Fsp3) is 0. The van der Waals surface area contributed by atoms with Crippen molar-refractivity contribution in [3.8, 4) is 0 Å². The van der Waals surface area contributed by atoms with Crippen LogP contribution in [0, 0.1) is 0 Å². The predicted octanol–water partition coefficient (Wildman–Crippen LogP) is 3.04. The Balaban J connectivity index is 3.34. The summed E-state index contributed by atoms with van der Waals surface area (Å²) in [6.45, 7) is 0. The topological polar surface area (TPSA) is 23.1 Å². The van der Waals surface area contributed by atoms with Crippen molar-refractivity contribution >= 4 is 42.6 Å². The summed E-state index contributed by atoms with van der Waals surface area (Å²) in [5.74, 6) is 1.42. The second kappa shape index (κ2) is 3.25. The second-order valence-electron chi connectivity index (χ2n) is 1.59. The van der Waals surface area contributed by atoms with E-state index < -0.39 is 7.76 Å². The molecule has 1 rings (SSSR count). The second-order valence-corrected chi connectivity index (χ2v) is 4.42. The van der Waals surface area contributed by atoms with Crippen molar-refractivity contribution in [2.45, 2.75) is 0 Å². The van der Waals surface area contributed by atoms with E-state index in [1.54, 1.807) is 0 Å². The third-order valence-electron chi connectivity index (χ3n) is 0.941. The Bertz CT molecular complexity index is 236. The molecule has 0 bridgehead atoms. The van der Waals surface area contributed by atoms with Gasteiger partial charge in [-0.15, -0.1) is 0 Å². The zero-order chi connectivity index (χ0) is 7.72. The summed E-state index contributed by atoms with van der Waals surface area (Å²) in [4.78, 5) is 10.9. The van der Waals surface area contributed by atoms with Gasteiger partial charge in [0.25, 0.3) is 0 Å². The van der Waals surface area contributed by atoms with Crippen LogP contribution in [0.5, 0.6) is 0 Å². The molecule has 1 nitrogen and oxygen atoms in total. The van der Waals surface area contributed by atoms with E-state index in [1.165, 1.54) is 11.9 Å². The SMILES string of the molecule is [O-][p+]1ccc(Cl)c(Cl)c1Cl. The van der Waals surface area contributed by atoms with Crippen LogP contribution in [0.2, 0.25) is 14.8 Å². The molecule has 0 saturated carbocycles. The highest BCUT2D eigenvalue weighted by molar-refractivity contribution is 7.45. The van der Waals surface area contributed by atoms with Crippen LogP contribution in [0.25, 0.3) is 0 Å². The van der Waals surface area contributed by atoms with E-state index >= 15 is 0 Å². The first-order valence-electron chi connectivity index (χ1n) is 2.35. The number of rotatable bonds is 0. The molecule has 0 N–H and O–H groups in total. The molecule has 1 heterocycles. The van der Waals surface area contributed by atoms with E-state index in [4.69, 9.17) is 34.8 Å². The summed E-state index contributed by atoms with van der Waals surface area (Å²) in [5, 5.41) is 0.521. The minimum atomic E-state index is -1.64. The number of hydrogen-bond donors (Lipinski definition) is 0. The van der Waals surface area contributed by atoms with Crippen LogP contribution >= 0.6 is 42.6 Å². The molecule has 1 aromatic rings. The third kappa shape index (κ3) is 1.55. The van der Waals surface area contributed by atoms with Crippen LogP contribution in [0.15, 0.2) is 11.9 Å². The van der Waals surface area contributed by atoms with E-state index in [9.17, 15) is 4.89 Å². The van der Waals surface area contributed by atoms with Gasteiger partial charge in [-0.2, -0.15) is 0 Å². The predicted molar refractivity (Wildman–Crippen MR) is 44.0 cm³/mol. The molecule has 0 aromatic carbocycles. The molecule has 5 heteroatoms. The van der Waals surface area contributed by atoms with Crippen LogP contribution in [-0.4, -0.2) is 0 Å². The molecule has 0 aliphatic heterocycles. The van der Waals surface area contributed by atoms with E-state index in [1.807, 2.05) is 0 Å². The smallest absolute Gasteiger partial charge is 0.230 e. The van der Waals surface area contributed by atoms with Crippen molar-refractivity contribution in [2.24, 2.45) is 0 Å². The van der Waals surface area contributed by atoms with Crippen LogP contribution < -0.4 is 4.89 Å². The molecule has 1 aromatic heterocycles. The largest absolute Gasteiger partial charge is 0.625 e. The lowest BCUT2D eigenvalue weighted by atomic mass is 10.6. The Hall–Kier alpha value is 0.480. The first-order chi connectivity index (χ1) is 4.63. The maximum atomic E-state index is 10.9. The molecule has 0 fully saturated rings. The summed E-state index contributed by atoms with van der Waals surface area (Å²) in [7, 11) is -1.64. The quantitative estimate of drug-likeness (QED) is 0.652. The van der Waals surface area contributed by atoms with Gasteiger partial charge in [0.2, 0.25) is 4.75 Å². The molecular weight excluding hydrogens is 213 g/mol. The molecule has 0 spiro atoms. The van der Waals surface area contributed by atoms with E-state index in [2.05, 4.69) is 0 Å². The zero-order valence-corrected chi connectivity index (χ0v) is 7.81. The first kappa shape index (κ1) is 8.58. The Morgan fingerprint density at radius 3 is 2.40 bits per heavy atom. The normalized spacial score (nSPS) is 11.8. The van der Waals surface area contributed by atoms with Crippen LogP contribution in [-0.2, 0) is 0 Å². The van der Waals surface area contributed by atoms with Gasteiger partial charge >= 0.3 is 0 Å². The minimum Gasteiger partial charge on any atom is -0.625 e. The highest BCUT2D eigenvalue weighted by Gasteiger charge is 2.10. The van der Waals surface area contributed by atoms with Crippen molar-refractivity contribution in [1.29, 1.82) is 0 Å². The Labute approximate surface area is 74.3 Å². The molecule has 0 amide bonds. The molecule has 10 heavy (non-hydrogen) atoms. The highest BCUT2D eigenvalue weighted by atomic mass is 35.5. The van der Waals surface area contributed by atoms with Crippen molar-refractivity contribution < 1.29 is 4.89 Å². The Morgan fingerprint density at radius 1 is 1.30 bits per heavy atom. The van der Waals surface area contributed by atoms with Crippen molar-refractivity contribution in [2.75, 3.05) is 0 Å². The fourth-order valence-corrected chi connectivity index (χ4v) is 2.14. The Morgan fingerprint density at radius 2 is 1.90 bits per heavy atom. The van der Waals surface area contributed by atoms with E-state index in [0.717, 1.165) is 0 Å². The van der Waals surface area contributed by atoms with Crippen molar-refractivity contribution in [3.63, 3.8) is 0 Å². The molecule has 0 saturated heterocycles. The fourth-order valence-electron chi connectivity index (χ4n) is 0.467. The summed E-state index contributed by atoms with van der Waals surface area (Å²) >= 11 is 16.6. The Kier molecular flexibility index (Phi) is 2.79. The van der Waals surface area contributed by atoms with Gasteiger partial charge in [-0.05, 0) is 11.6 Å². The zero-order valence-electron chi connectivity index (χ0n) is 4.64. The van der Waals surface area contributed by atoms with Gasteiger partial charge in [-0.25, -0.2) is 0 Å². The minimum absolute atomic E-state index is 0.129. The number of halogens is 3. The summed E-state index contributed by atoms with van der Waals surface area (Å²) in [6.07, 6.45) is 0. The van der Waals surface area contributed by atoms with Gasteiger partial charge < -0.3 is 4.89 Å². The van der Waals surface area contributed by atoms with Crippen molar-refractivity contribution in [3.05, 3.63) is 26.7 Å². The van der Waals surface area contributed by atoms with Gasteiger partial charge in [0.1, 0.15) is 18.6 Å².